The molecule has 0 fully saturated rings. The maximum absolute atomic E-state index is 11.2. The summed E-state index contributed by atoms with van der Waals surface area (Å²) in [6.07, 6.45) is 3.43. The van der Waals surface area contributed by atoms with E-state index in [1.807, 2.05) is 0 Å². The fourth-order valence-corrected chi connectivity index (χ4v) is 1.12. The first-order valence-corrected chi connectivity index (χ1v) is 5.41. The summed E-state index contributed by atoms with van der Waals surface area (Å²) in [5, 5.41) is 0. The minimum atomic E-state index is -0.798. The molecule has 0 N–H and O–H groups in total. The van der Waals surface area contributed by atoms with E-state index >= 15 is 0 Å². The summed E-state index contributed by atoms with van der Waals surface area (Å²) in [6, 6.07) is 0. The highest BCUT2D eigenvalue weighted by molar-refractivity contribution is 5.78. The molecule has 1 atom stereocenters. The smallest absolute Gasteiger partial charge is 0.347 e. The second-order valence-electron chi connectivity index (χ2n) is 3.48. The van der Waals surface area contributed by atoms with Crippen molar-refractivity contribution < 1.29 is 19.1 Å². The lowest BCUT2D eigenvalue weighted by molar-refractivity contribution is -0.165. The molecule has 0 radical (unpaired) electrons. The molecule has 0 aliphatic heterocycles. The zero-order chi connectivity index (χ0) is 11.7. The van der Waals surface area contributed by atoms with Crippen molar-refractivity contribution in [1.82, 2.24) is 0 Å². The Kier molecular flexibility index (Phi) is 7.68. The van der Waals surface area contributed by atoms with Crippen LogP contribution in [0.3, 0.4) is 0 Å². The Hall–Kier alpha value is -1.06. The average Bonchev–Trinajstić information content (AvgIpc) is 2.16. The van der Waals surface area contributed by atoms with Gasteiger partial charge in [-0.15, -0.1) is 0 Å². The van der Waals surface area contributed by atoms with E-state index in [-0.39, 0.29) is 0 Å². The van der Waals surface area contributed by atoms with Crippen molar-refractivity contribution in [2.45, 2.75) is 52.6 Å². The molecule has 1 unspecified atom stereocenters. The van der Waals surface area contributed by atoms with Gasteiger partial charge in [-0.1, -0.05) is 26.2 Å². The molecular formula is C11H20O4. The van der Waals surface area contributed by atoms with Crippen LogP contribution in [0.5, 0.6) is 0 Å². The van der Waals surface area contributed by atoms with Gasteiger partial charge < -0.3 is 9.47 Å². The molecule has 4 heteroatoms. The lowest BCUT2D eigenvalue weighted by atomic mass is 10.2. The molecular weight excluding hydrogens is 196 g/mol. The molecule has 15 heavy (non-hydrogen) atoms. The summed E-state index contributed by atoms with van der Waals surface area (Å²) in [7, 11) is 0. The fourth-order valence-electron chi connectivity index (χ4n) is 1.12. The van der Waals surface area contributed by atoms with E-state index in [0.717, 1.165) is 25.7 Å². The lowest BCUT2D eigenvalue weighted by Gasteiger charge is -2.11. The molecule has 0 heterocycles. The maximum atomic E-state index is 11.2. The Bertz CT molecular complexity index is 201. The molecule has 0 aromatic rings. The van der Waals surface area contributed by atoms with Crippen LogP contribution in [0.25, 0.3) is 0 Å². The second kappa shape index (κ2) is 8.26. The molecule has 0 aromatic carbocycles. The van der Waals surface area contributed by atoms with Gasteiger partial charge in [0, 0.05) is 6.92 Å². The van der Waals surface area contributed by atoms with E-state index in [1.165, 1.54) is 13.8 Å². The molecule has 0 saturated heterocycles. The predicted octanol–water partition coefficient (Wildman–Crippen LogP) is 2.06. The minimum Gasteiger partial charge on any atom is -0.463 e. The molecule has 0 bridgehead atoms. The standard InChI is InChI=1S/C11H20O4/c1-4-5-6-7-8-14-11(13)9(2)15-10(3)12/h9H,4-8H2,1-3H3. The van der Waals surface area contributed by atoms with E-state index in [0.29, 0.717) is 6.61 Å². The van der Waals surface area contributed by atoms with Crippen LogP contribution in [0.1, 0.15) is 46.5 Å². The van der Waals surface area contributed by atoms with Gasteiger partial charge in [-0.25, -0.2) is 4.79 Å². The summed E-state index contributed by atoms with van der Waals surface area (Å²) in [5.41, 5.74) is 0. The van der Waals surface area contributed by atoms with Gasteiger partial charge >= 0.3 is 11.9 Å². The van der Waals surface area contributed by atoms with Crippen LogP contribution in [0.4, 0.5) is 0 Å². The van der Waals surface area contributed by atoms with Gasteiger partial charge in [0.05, 0.1) is 6.61 Å². The van der Waals surface area contributed by atoms with Crippen molar-refractivity contribution in [1.29, 1.82) is 0 Å². The van der Waals surface area contributed by atoms with Crippen molar-refractivity contribution >= 4 is 11.9 Å². The zero-order valence-electron chi connectivity index (χ0n) is 9.75. The van der Waals surface area contributed by atoms with Crippen LogP contribution in [-0.4, -0.2) is 24.6 Å². The van der Waals surface area contributed by atoms with Crippen LogP contribution in [0, 0.1) is 0 Å². The van der Waals surface area contributed by atoms with Crippen LogP contribution in [-0.2, 0) is 19.1 Å². The first kappa shape index (κ1) is 13.9. The van der Waals surface area contributed by atoms with E-state index in [2.05, 4.69) is 11.7 Å². The average molecular weight is 216 g/mol. The van der Waals surface area contributed by atoms with E-state index in [4.69, 9.17) is 4.74 Å². The molecule has 0 aliphatic carbocycles. The van der Waals surface area contributed by atoms with Crippen molar-refractivity contribution in [3.63, 3.8) is 0 Å². The summed E-state index contributed by atoms with van der Waals surface area (Å²) in [6.45, 7) is 5.31. The van der Waals surface area contributed by atoms with Crippen molar-refractivity contribution in [2.24, 2.45) is 0 Å². The van der Waals surface area contributed by atoms with Gasteiger partial charge in [0.1, 0.15) is 0 Å². The van der Waals surface area contributed by atoms with Gasteiger partial charge in [-0.2, -0.15) is 0 Å². The number of hydrogen-bond donors (Lipinski definition) is 0. The van der Waals surface area contributed by atoms with Crippen molar-refractivity contribution in [3.8, 4) is 0 Å². The van der Waals surface area contributed by atoms with Gasteiger partial charge in [0.15, 0.2) is 6.10 Å². The molecule has 0 spiro atoms. The Morgan fingerprint density at radius 3 is 2.40 bits per heavy atom. The van der Waals surface area contributed by atoms with Crippen molar-refractivity contribution in [3.05, 3.63) is 0 Å². The number of ether oxygens (including phenoxy) is 2. The summed E-state index contributed by atoms with van der Waals surface area (Å²) in [5.74, 6) is -0.938. The molecule has 0 rings (SSSR count). The predicted molar refractivity (Wildman–Crippen MR) is 56.3 cm³/mol. The van der Waals surface area contributed by atoms with E-state index in [1.54, 1.807) is 0 Å². The quantitative estimate of drug-likeness (QED) is 0.483. The molecule has 0 aromatic heterocycles. The van der Waals surface area contributed by atoms with Crippen LogP contribution in [0.15, 0.2) is 0 Å². The highest BCUT2D eigenvalue weighted by Gasteiger charge is 2.16. The monoisotopic (exact) mass is 216 g/mol. The van der Waals surface area contributed by atoms with Gasteiger partial charge in [-0.3, -0.25) is 4.79 Å². The van der Waals surface area contributed by atoms with Crippen molar-refractivity contribution in [2.75, 3.05) is 6.61 Å². The Balaban J connectivity index is 3.51. The largest absolute Gasteiger partial charge is 0.463 e. The van der Waals surface area contributed by atoms with Crippen LogP contribution >= 0.6 is 0 Å². The molecule has 4 nitrogen and oxygen atoms in total. The van der Waals surface area contributed by atoms with E-state index < -0.39 is 18.0 Å². The summed E-state index contributed by atoms with van der Waals surface area (Å²) in [4.78, 5) is 21.8. The third-order valence-corrected chi connectivity index (χ3v) is 1.92. The van der Waals surface area contributed by atoms with Gasteiger partial charge in [0.25, 0.3) is 0 Å². The second-order valence-corrected chi connectivity index (χ2v) is 3.48. The maximum Gasteiger partial charge on any atom is 0.347 e. The number of esters is 2. The number of unbranched alkanes of at least 4 members (excludes halogenated alkanes) is 3. The number of rotatable bonds is 7. The highest BCUT2D eigenvalue weighted by atomic mass is 16.6. The number of carbonyl (C=O) groups excluding carboxylic acids is 2. The molecule has 0 aliphatic rings. The summed E-state index contributed by atoms with van der Waals surface area (Å²) < 4.78 is 9.61. The summed E-state index contributed by atoms with van der Waals surface area (Å²) >= 11 is 0. The fraction of sp³-hybridized carbons (Fsp3) is 0.818. The molecule has 88 valence electrons. The third kappa shape index (κ3) is 7.97. The SMILES string of the molecule is CCCCCCOC(=O)C(C)OC(C)=O. The number of hydrogen-bond acceptors (Lipinski definition) is 4. The third-order valence-electron chi connectivity index (χ3n) is 1.92. The Morgan fingerprint density at radius 1 is 1.20 bits per heavy atom. The minimum absolute atomic E-state index is 0.407. The zero-order valence-corrected chi connectivity index (χ0v) is 9.75. The van der Waals surface area contributed by atoms with Gasteiger partial charge in [0.2, 0.25) is 0 Å². The first-order chi connectivity index (χ1) is 7.07. The van der Waals surface area contributed by atoms with Crippen LogP contribution in [0.2, 0.25) is 0 Å². The Morgan fingerprint density at radius 2 is 1.87 bits per heavy atom. The topological polar surface area (TPSA) is 52.6 Å². The van der Waals surface area contributed by atoms with Crippen LogP contribution < -0.4 is 0 Å². The molecule has 0 saturated carbocycles. The lowest BCUT2D eigenvalue weighted by Crippen LogP contribution is -2.25. The Labute approximate surface area is 90.9 Å². The van der Waals surface area contributed by atoms with Gasteiger partial charge in [-0.05, 0) is 13.3 Å². The van der Waals surface area contributed by atoms with E-state index in [9.17, 15) is 9.59 Å². The first-order valence-electron chi connectivity index (χ1n) is 5.41. The molecule has 0 amide bonds. The normalized spacial score (nSPS) is 11.9. The highest BCUT2D eigenvalue weighted by Crippen LogP contribution is 2.01. The number of carbonyl (C=O) groups is 2.